The van der Waals surface area contributed by atoms with Crippen molar-refractivity contribution < 1.29 is 9.59 Å². The molecule has 0 bridgehead atoms. The summed E-state index contributed by atoms with van der Waals surface area (Å²) in [4.78, 5) is 27.6. The number of halogens is 1. The van der Waals surface area contributed by atoms with Gasteiger partial charge >= 0.3 is 0 Å². The van der Waals surface area contributed by atoms with Crippen LogP contribution in [0.25, 0.3) is 0 Å². The molecular weight excluding hydrogens is 302 g/mol. The van der Waals surface area contributed by atoms with Crippen molar-refractivity contribution in [1.29, 1.82) is 0 Å². The van der Waals surface area contributed by atoms with E-state index in [-0.39, 0.29) is 23.4 Å². The van der Waals surface area contributed by atoms with Gasteiger partial charge in [0.2, 0.25) is 5.91 Å². The van der Waals surface area contributed by atoms with Gasteiger partial charge in [0.15, 0.2) is 0 Å². The van der Waals surface area contributed by atoms with E-state index in [1.165, 1.54) is 12.3 Å². The molecule has 1 aromatic heterocycles. The minimum atomic E-state index is -0.336. The van der Waals surface area contributed by atoms with Crippen LogP contribution in [-0.4, -0.2) is 16.8 Å². The third-order valence-electron chi connectivity index (χ3n) is 3.31. The van der Waals surface area contributed by atoms with Crippen LogP contribution in [0.2, 0.25) is 5.02 Å². The highest BCUT2D eigenvalue weighted by Crippen LogP contribution is 2.30. The summed E-state index contributed by atoms with van der Waals surface area (Å²) in [5.41, 5.74) is 1.59. The standard InChI is InChI=1S/C16H14ClN3O2/c17-11-7-8-18-14(9-11)16(22)20-13-5-3-12(4-6-13)19-15(21)10-1-2-10/h3-10H,1-2H2,(H,19,21)(H,20,22). The highest BCUT2D eigenvalue weighted by Gasteiger charge is 2.29. The van der Waals surface area contributed by atoms with Gasteiger partial charge < -0.3 is 10.6 Å². The molecule has 0 radical (unpaired) electrons. The number of aromatic nitrogens is 1. The van der Waals surface area contributed by atoms with Crippen LogP contribution in [0.15, 0.2) is 42.6 Å². The van der Waals surface area contributed by atoms with Gasteiger partial charge in [0, 0.05) is 28.5 Å². The lowest BCUT2D eigenvalue weighted by atomic mass is 10.2. The number of hydrogen-bond donors (Lipinski definition) is 2. The molecule has 1 heterocycles. The van der Waals surface area contributed by atoms with Crippen LogP contribution in [0.4, 0.5) is 11.4 Å². The first-order valence-electron chi connectivity index (χ1n) is 6.95. The van der Waals surface area contributed by atoms with Crippen molar-refractivity contribution >= 4 is 34.8 Å². The Labute approximate surface area is 132 Å². The summed E-state index contributed by atoms with van der Waals surface area (Å²) in [6.45, 7) is 0. The summed E-state index contributed by atoms with van der Waals surface area (Å²) in [5, 5.41) is 6.03. The molecule has 0 saturated heterocycles. The summed E-state index contributed by atoms with van der Waals surface area (Å²) in [5.74, 6) is -0.120. The normalized spacial score (nSPS) is 13.5. The van der Waals surface area contributed by atoms with Crippen molar-refractivity contribution in [2.45, 2.75) is 12.8 Å². The molecule has 22 heavy (non-hydrogen) atoms. The number of benzene rings is 1. The maximum absolute atomic E-state index is 12.0. The molecular formula is C16H14ClN3O2. The van der Waals surface area contributed by atoms with Gasteiger partial charge in [0.1, 0.15) is 5.69 Å². The minimum absolute atomic E-state index is 0.0555. The van der Waals surface area contributed by atoms with E-state index in [4.69, 9.17) is 11.6 Å². The highest BCUT2D eigenvalue weighted by atomic mass is 35.5. The van der Waals surface area contributed by atoms with Crippen LogP contribution < -0.4 is 10.6 Å². The minimum Gasteiger partial charge on any atom is -0.326 e. The largest absolute Gasteiger partial charge is 0.326 e. The lowest BCUT2D eigenvalue weighted by Crippen LogP contribution is -2.14. The van der Waals surface area contributed by atoms with Gasteiger partial charge in [0.05, 0.1) is 0 Å². The smallest absolute Gasteiger partial charge is 0.274 e. The number of carbonyl (C=O) groups excluding carboxylic acids is 2. The monoisotopic (exact) mass is 315 g/mol. The van der Waals surface area contributed by atoms with Crippen molar-refractivity contribution in [3.8, 4) is 0 Å². The Morgan fingerprint density at radius 2 is 1.68 bits per heavy atom. The molecule has 1 fully saturated rings. The second-order valence-corrected chi connectivity index (χ2v) is 5.59. The van der Waals surface area contributed by atoms with Crippen molar-refractivity contribution in [2.24, 2.45) is 5.92 Å². The number of nitrogens with zero attached hydrogens (tertiary/aromatic N) is 1. The zero-order valence-corrected chi connectivity index (χ0v) is 12.4. The van der Waals surface area contributed by atoms with Crippen molar-refractivity contribution in [1.82, 2.24) is 4.98 Å². The highest BCUT2D eigenvalue weighted by molar-refractivity contribution is 6.30. The van der Waals surface area contributed by atoms with Gasteiger partial charge in [-0.25, -0.2) is 0 Å². The molecule has 1 aromatic carbocycles. The summed E-state index contributed by atoms with van der Waals surface area (Å²) >= 11 is 5.83. The molecule has 1 aliphatic carbocycles. The van der Waals surface area contributed by atoms with Crippen molar-refractivity contribution in [3.05, 3.63) is 53.3 Å². The first-order chi connectivity index (χ1) is 10.6. The quantitative estimate of drug-likeness (QED) is 0.909. The van der Waals surface area contributed by atoms with Crippen molar-refractivity contribution in [3.63, 3.8) is 0 Å². The van der Waals surface area contributed by atoms with E-state index in [1.54, 1.807) is 30.3 Å². The van der Waals surface area contributed by atoms with E-state index < -0.39 is 0 Å². The average molecular weight is 316 g/mol. The van der Waals surface area contributed by atoms with Crippen LogP contribution in [0.3, 0.4) is 0 Å². The molecule has 2 N–H and O–H groups in total. The molecule has 0 atom stereocenters. The fraction of sp³-hybridized carbons (Fsp3) is 0.188. The molecule has 3 rings (SSSR count). The Morgan fingerprint density at radius 1 is 1.05 bits per heavy atom. The van der Waals surface area contributed by atoms with Gasteiger partial charge in [-0.15, -0.1) is 0 Å². The van der Waals surface area contributed by atoms with Gasteiger partial charge in [-0.2, -0.15) is 0 Å². The molecule has 2 amide bonds. The Morgan fingerprint density at radius 3 is 2.27 bits per heavy atom. The zero-order valence-electron chi connectivity index (χ0n) is 11.7. The first kappa shape index (κ1) is 14.5. The Hall–Kier alpha value is -2.40. The van der Waals surface area contributed by atoms with E-state index in [1.807, 2.05) is 0 Å². The predicted octanol–water partition coefficient (Wildman–Crippen LogP) is 3.34. The first-order valence-corrected chi connectivity index (χ1v) is 7.33. The summed E-state index contributed by atoms with van der Waals surface area (Å²) in [6, 6.07) is 10.1. The topological polar surface area (TPSA) is 71.1 Å². The molecule has 1 saturated carbocycles. The number of hydrogen-bond acceptors (Lipinski definition) is 3. The molecule has 5 nitrogen and oxygen atoms in total. The number of anilines is 2. The van der Waals surface area contributed by atoms with Gasteiger partial charge in [-0.05, 0) is 49.2 Å². The molecule has 2 aromatic rings. The summed E-state index contributed by atoms with van der Waals surface area (Å²) < 4.78 is 0. The van der Waals surface area contributed by atoms with E-state index in [9.17, 15) is 9.59 Å². The Bertz CT molecular complexity index is 712. The third kappa shape index (κ3) is 3.62. The molecule has 112 valence electrons. The van der Waals surface area contributed by atoms with Gasteiger partial charge in [-0.1, -0.05) is 11.6 Å². The molecule has 0 unspecified atom stereocenters. The SMILES string of the molecule is O=C(Nc1ccc(NC(=O)C2CC2)cc1)c1cc(Cl)ccn1. The predicted molar refractivity (Wildman–Crippen MR) is 85.0 cm³/mol. The van der Waals surface area contributed by atoms with E-state index in [0.717, 1.165) is 18.5 Å². The van der Waals surface area contributed by atoms with Crippen LogP contribution in [0.1, 0.15) is 23.3 Å². The molecule has 0 aliphatic heterocycles. The molecule has 1 aliphatic rings. The molecule has 0 spiro atoms. The van der Waals surface area contributed by atoms with Crippen molar-refractivity contribution in [2.75, 3.05) is 10.6 Å². The van der Waals surface area contributed by atoms with Crippen LogP contribution in [-0.2, 0) is 4.79 Å². The lowest BCUT2D eigenvalue weighted by molar-refractivity contribution is -0.117. The zero-order chi connectivity index (χ0) is 15.5. The second kappa shape index (κ2) is 6.15. The lowest BCUT2D eigenvalue weighted by Gasteiger charge is -2.07. The Balaban J connectivity index is 1.63. The maximum Gasteiger partial charge on any atom is 0.274 e. The van der Waals surface area contributed by atoms with Crippen LogP contribution >= 0.6 is 11.6 Å². The fourth-order valence-electron chi connectivity index (χ4n) is 1.95. The Kier molecular flexibility index (Phi) is 4.06. The van der Waals surface area contributed by atoms with E-state index in [0.29, 0.717) is 10.7 Å². The van der Waals surface area contributed by atoms with E-state index in [2.05, 4.69) is 15.6 Å². The van der Waals surface area contributed by atoms with Crippen LogP contribution in [0, 0.1) is 5.92 Å². The number of carbonyl (C=O) groups is 2. The fourth-order valence-corrected chi connectivity index (χ4v) is 2.11. The third-order valence-corrected chi connectivity index (χ3v) is 3.55. The van der Waals surface area contributed by atoms with Gasteiger partial charge in [0.25, 0.3) is 5.91 Å². The maximum atomic E-state index is 12.0. The number of pyridine rings is 1. The second-order valence-electron chi connectivity index (χ2n) is 5.15. The van der Waals surface area contributed by atoms with Gasteiger partial charge in [-0.3, -0.25) is 14.6 Å². The van der Waals surface area contributed by atoms with E-state index >= 15 is 0 Å². The summed E-state index contributed by atoms with van der Waals surface area (Å²) in [6.07, 6.45) is 3.41. The summed E-state index contributed by atoms with van der Waals surface area (Å²) in [7, 11) is 0. The van der Waals surface area contributed by atoms with Crippen LogP contribution in [0.5, 0.6) is 0 Å². The average Bonchev–Trinajstić information content (AvgIpc) is 3.34. The molecule has 6 heteroatoms. The number of nitrogens with one attached hydrogen (secondary N) is 2. The number of amides is 2. The number of rotatable bonds is 4.